The highest BCUT2D eigenvalue weighted by molar-refractivity contribution is 9.09. The molecule has 26 heavy (non-hydrogen) atoms. The lowest BCUT2D eigenvalue weighted by Gasteiger charge is -2.26. The molecule has 2 atom stereocenters. The Bertz CT molecular complexity index is 799. The average molecular weight is 439 g/mol. The quantitative estimate of drug-likeness (QED) is 0.614. The number of rotatable bonds is 7. The Kier molecular flexibility index (Phi) is 6.51. The van der Waals surface area contributed by atoms with Crippen molar-refractivity contribution in [3.05, 3.63) is 65.7 Å². The molecule has 4 nitrogen and oxygen atoms in total. The highest BCUT2D eigenvalue weighted by atomic mass is 79.9. The SMILES string of the molecule is Cc1ccc(S(=O)(=O)C(CCc2ccccc2)C(Br)C2OCCO2)cc1. The Morgan fingerprint density at radius 2 is 1.65 bits per heavy atom. The fourth-order valence-corrected chi connectivity index (χ4v) is 6.26. The Labute approximate surface area is 163 Å². The van der Waals surface area contributed by atoms with Gasteiger partial charge >= 0.3 is 0 Å². The van der Waals surface area contributed by atoms with Crippen LogP contribution >= 0.6 is 15.9 Å². The maximum absolute atomic E-state index is 13.3. The Morgan fingerprint density at radius 3 is 2.27 bits per heavy atom. The minimum Gasteiger partial charge on any atom is -0.349 e. The third kappa shape index (κ3) is 4.55. The Hall–Kier alpha value is -1.21. The highest BCUT2D eigenvalue weighted by Crippen LogP contribution is 2.30. The summed E-state index contributed by atoms with van der Waals surface area (Å²) in [5.41, 5.74) is 2.15. The van der Waals surface area contributed by atoms with Gasteiger partial charge in [-0.15, -0.1) is 0 Å². The van der Waals surface area contributed by atoms with Crippen LogP contribution in [0.2, 0.25) is 0 Å². The first kappa shape index (κ1) is 19.5. The molecular formula is C20H23BrO4S. The molecule has 2 unspecified atom stereocenters. The van der Waals surface area contributed by atoms with Crippen LogP contribution in [0.4, 0.5) is 0 Å². The lowest BCUT2D eigenvalue weighted by Crippen LogP contribution is -2.39. The number of ether oxygens (including phenoxy) is 2. The largest absolute Gasteiger partial charge is 0.349 e. The van der Waals surface area contributed by atoms with E-state index in [-0.39, 0.29) is 0 Å². The van der Waals surface area contributed by atoms with E-state index in [0.29, 0.717) is 31.0 Å². The Balaban J connectivity index is 1.86. The maximum atomic E-state index is 13.3. The molecule has 1 fully saturated rings. The number of aryl methyl sites for hydroxylation is 2. The standard InChI is InChI=1S/C20H23BrO4S/c1-15-7-10-17(11-8-15)26(22,23)18(19(21)20-24-13-14-25-20)12-9-16-5-3-2-4-6-16/h2-8,10-11,18-20H,9,12-14H2,1H3. The molecule has 0 aliphatic carbocycles. The van der Waals surface area contributed by atoms with Crippen molar-refractivity contribution in [1.82, 2.24) is 0 Å². The van der Waals surface area contributed by atoms with Gasteiger partial charge in [-0.25, -0.2) is 8.42 Å². The molecule has 0 spiro atoms. The van der Waals surface area contributed by atoms with Gasteiger partial charge in [0.25, 0.3) is 0 Å². The summed E-state index contributed by atoms with van der Waals surface area (Å²) in [5.74, 6) is 0. The molecule has 1 heterocycles. The van der Waals surface area contributed by atoms with E-state index >= 15 is 0 Å². The number of alkyl halides is 1. The molecule has 1 aliphatic heterocycles. The molecule has 0 amide bonds. The van der Waals surface area contributed by atoms with Crippen molar-refractivity contribution in [3.8, 4) is 0 Å². The van der Waals surface area contributed by atoms with Crippen LogP contribution in [0.5, 0.6) is 0 Å². The maximum Gasteiger partial charge on any atom is 0.182 e. The van der Waals surface area contributed by atoms with Gasteiger partial charge in [0.2, 0.25) is 0 Å². The van der Waals surface area contributed by atoms with Gasteiger partial charge in [0, 0.05) is 0 Å². The zero-order chi connectivity index (χ0) is 18.6. The van der Waals surface area contributed by atoms with Crippen LogP contribution in [-0.4, -0.2) is 38.0 Å². The second-order valence-corrected chi connectivity index (χ2v) is 9.70. The minimum atomic E-state index is -3.53. The van der Waals surface area contributed by atoms with Crippen molar-refractivity contribution in [1.29, 1.82) is 0 Å². The number of benzene rings is 2. The van der Waals surface area contributed by atoms with E-state index in [0.717, 1.165) is 11.1 Å². The molecule has 0 bridgehead atoms. The van der Waals surface area contributed by atoms with E-state index < -0.39 is 26.2 Å². The first-order valence-corrected chi connectivity index (χ1v) is 11.2. The van der Waals surface area contributed by atoms with Crippen LogP contribution in [0.25, 0.3) is 0 Å². The van der Waals surface area contributed by atoms with Gasteiger partial charge in [0.15, 0.2) is 16.1 Å². The summed E-state index contributed by atoms with van der Waals surface area (Å²) in [7, 11) is -3.53. The van der Waals surface area contributed by atoms with Gasteiger partial charge in [0.1, 0.15) is 0 Å². The van der Waals surface area contributed by atoms with Crippen molar-refractivity contribution < 1.29 is 17.9 Å². The molecule has 0 N–H and O–H groups in total. The van der Waals surface area contributed by atoms with Gasteiger partial charge in [-0.3, -0.25) is 0 Å². The van der Waals surface area contributed by atoms with Crippen LogP contribution in [0.1, 0.15) is 17.5 Å². The van der Waals surface area contributed by atoms with Gasteiger partial charge in [-0.05, 0) is 37.5 Å². The second-order valence-electron chi connectivity index (χ2n) is 6.48. The summed E-state index contributed by atoms with van der Waals surface area (Å²) >= 11 is 3.56. The summed E-state index contributed by atoms with van der Waals surface area (Å²) < 4.78 is 37.8. The second kappa shape index (κ2) is 8.65. The molecule has 1 aliphatic rings. The van der Waals surface area contributed by atoms with Crippen LogP contribution in [0, 0.1) is 6.92 Å². The van der Waals surface area contributed by atoms with Crippen LogP contribution in [-0.2, 0) is 25.7 Å². The molecule has 0 saturated carbocycles. The number of halogens is 1. The Morgan fingerprint density at radius 1 is 1.04 bits per heavy atom. The summed E-state index contributed by atoms with van der Waals surface area (Å²) in [6, 6.07) is 16.9. The smallest absolute Gasteiger partial charge is 0.182 e. The lowest BCUT2D eigenvalue weighted by atomic mass is 10.1. The number of hydrogen-bond acceptors (Lipinski definition) is 4. The molecule has 0 aromatic heterocycles. The summed E-state index contributed by atoms with van der Waals surface area (Å²) in [6.07, 6.45) is 0.612. The summed E-state index contributed by atoms with van der Waals surface area (Å²) in [6.45, 7) is 2.92. The zero-order valence-electron chi connectivity index (χ0n) is 14.7. The highest BCUT2D eigenvalue weighted by Gasteiger charge is 2.39. The van der Waals surface area contributed by atoms with Crippen LogP contribution in [0.3, 0.4) is 0 Å². The van der Waals surface area contributed by atoms with E-state index in [4.69, 9.17) is 9.47 Å². The third-order valence-corrected chi connectivity index (χ3v) is 8.25. The molecule has 2 aromatic rings. The fourth-order valence-electron chi connectivity index (χ4n) is 3.08. The molecule has 2 aromatic carbocycles. The average Bonchev–Trinajstić information content (AvgIpc) is 3.17. The van der Waals surface area contributed by atoms with E-state index in [1.807, 2.05) is 49.4 Å². The zero-order valence-corrected chi connectivity index (χ0v) is 17.1. The van der Waals surface area contributed by atoms with Gasteiger partial charge in [-0.2, -0.15) is 0 Å². The monoisotopic (exact) mass is 438 g/mol. The number of hydrogen-bond donors (Lipinski definition) is 0. The predicted octanol–water partition coefficient (Wildman–Crippen LogP) is 3.91. The van der Waals surface area contributed by atoms with Crippen molar-refractivity contribution in [2.45, 2.75) is 41.0 Å². The minimum absolute atomic E-state index is 0.337. The normalized spacial score (nSPS) is 17.9. The molecule has 6 heteroatoms. The van der Waals surface area contributed by atoms with E-state index in [2.05, 4.69) is 15.9 Å². The molecule has 1 saturated heterocycles. The molecular weight excluding hydrogens is 416 g/mol. The van der Waals surface area contributed by atoms with E-state index in [9.17, 15) is 8.42 Å². The predicted molar refractivity (Wildman–Crippen MR) is 105 cm³/mol. The first-order chi connectivity index (χ1) is 12.5. The molecule has 0 radical (unpaired) electrons. The molecule has 3 rings (SSSR count). The summed E-state index contributed by atoms with van der Waals surface area (Å²) in [5, 5.41) is -0.645. The van der Waals surface area contributed by atoms with Crippen molar-refractivity contribution in [2.24, 2.45) is 0 Å². The fraction of sp³-hybridized carbons (Fsp3) is 0.400. The molecule has 140 valence electrons. The van der Waals surface area contributed by atoms with Crippen LogP contribution < -0.4 is 0 Å². The summed E-state index contributed by atoms with van der Waals surface area (Å²) in [4.78, 5) is -0.0939. The van der Waals surface area contributed by atoms with Gasteiger partial charge in [0.05, 0.1) is 28.2 Å². The van der Waals surface area contributed by atoms with E-state index in [1.54, 1.807) is 12.1 Å². The number of sulfone groups is 1. The van der Waals surface area contributed by atoms with Crippen molar-refractivity contribution in [2.75, 3.05) is 13.2 Å². The lowest BCUT2D eigenvalue weighted by molar-refractivity contribution is -0.0410. The van der Waals surface area contributed by atoms with E-state index in [1.165, 1.54) is 0 Å². The van der Waals surface area contributed by atoms with Crippen LogP contribution in [0.15, 0.2) is 59.5 Å². The van der Waals surface area contributed by atoms with Gasteiger partial charge in [-0.1, -0.05) is 64.0 Å². The van der Waals surface area contributed by atoms with Crippen molar-refractivity contribution in [3.63, 3.8) is 0 Å². The first-order valence-electron chi connectivity index (χ1n) is 8.70. The van der Waals surface area contributed by atoms with Crippen molar-refractivity contribution >= 4 is 25.8 Å². The topological polar surface area (TPSA) is 52.6 Å². The van der Waals surface area contributed by atoms with Gasteiger partial charge < -0.3 is 9.47 Å². The third-order valence-electron chi connectivity index (χ3n) is 4.57.